The summed E-state index contributed by atoms with van der Waals surface area (Å²) in [5.41, 5.74) is 1.45. The molecule has 90 valence electrons. The van der Waals surface area contributed by atoms with Crippen LogP contribution >= 0.6 is 11.3 Å². The maximum Gasteiger partial charge on any atom is 0.0587 e. The quantitative estimate of drug-likeness (QED) is 0.771. The van der Waals surface area contributed by atoms with Gasteiger partial charge in [0.1, 0.15) is 0 Å². The normalized spacial score (nSPS) is 21.1. The Morgan fingerprint density at radius 3 is 3.12 bits per heavy atom. The van der Waals surface area contributed by atoms with E-state index in [0.29, 0.717) is 6.10 Å². The third kappa shape index (κ3) is 4.24. The van der Waals surface area contributed by atoms with Crippen LogP contribution in [-0.2, 0) is 11.2 Å². The van der Waals surface area contributed by atoms with Crippen molar-refractivity contribution >= 4 is 11.3 Å². The van der Waals surface area contributed by atoms with Gasteiger partial charge in [-0.15, -0.1) is 0 Å². The monoisotopic (exact) mass is 239 g/mol. The van der Waals surface area contributed by atoms with E-state index < -0.39 is 0 Å². The molecule has 0 saturated carbocycles. The Morgan fingerprint density at radius 1 is 1.38 bits per heavy atom. The molecule has 0 bridgehead atoms. The fourth-order valence-corrected chi connectivity index (χ4v) is 2.79. The fraction of sp³-hybridized carbons (Fsp3) is 0.692. The molecule has 2 rings (SSSR count). The van der Waals surface area contributed by atoms with Crippen molar-refractivity contribution < 1.29 is 4.74 Å². The van der Waals surface area contributed by atoms with Gasteiger partial charge < -0.3 is 10.1 Å². The molecule has 0 aromatic carbocycles. The molecule has 2 heterocycles. The van der Waals surface area contributed by atoms with Crippen LogP contribution in [0.3, 0.4) is 0 Å². The van der Waals surface area contributed by atoms with E-state index in [0.717, 1.165) is 26.1 Å². The van der Waals surface area contributed by atoms with Crippen LogP contribution in [0.25, 0.3) is 0 Å². The minimum Gasteiger partial charge on any atom is -0.378 e. The first-order valence-corrected chi connectivity index (χ1v) is 7.23. The van der Waals surface area contributed by atoms with E-state index in [1.54, 1.807) is 11.3 Å². The molecule has 1 N–H and O–H groups in total. The highest BCUT2D eigenvalue weighted by molar-refractivity contribution is 7.07. The Balaban J connectivity index is 1.48. The van der Waals surface area contributed by atoms with Gasteiger partial charge in [0.15, 0.2) is 0 Å². The zero-order chi connectivity index (χ0) is 11.1. The molecule has 3 heteroatoms. The second-order valence-corrected chi connectivity index (χ2v) is 5.19. The van der Waals surface area contributed by atoms with Crippen LogP contribution < -0.4 is 5.32 Å². The maximum atomic E-state index is 5.69. The largest absolute Gasteiger partial charge is 0.378 e. The molecule has 1 saturated heterocycles. The van der Waals surface area contributed by atoms with E-state index in [9.17, 15) is 0 Å². The van der Waals surface area contributed by atoms with Gasteiger partial charge in [0.05, 0.1) is 6.10 Å². The highest BCUT2D eigenvalue weighted by Gasteiger charge is 2.12. The zero-order valence-electron chi connectivity index (χ0n) is 9.78. The average molecular weight is 239 g/mol. The van der Waals surface area contributed by atoms with Gasteiger partial charge >= 0.3 is 0 Å². The van der Waals surface area contributed by atoms with Crippen molar-refractivity contribution in [3.05, 3.63) is 22.4 Å². The standard InChI is InChI=1S/C13H21NOS/c1-2-9-15-13(3-1)5-8-14-7-4-12-6-10-16-11-12/h6,10-11,13-14H,1-5,7-9H2. The highest BCUT2D eigenvalue weighted by Crippen LogP contribution is 2.14. The van der Waals surface area contributed by atoms with Gasteiger partial charge in [-0.3, -0.25) is 0 Å². The Hall–Kier alpha value is -0.380. The Morgan fingerprint density at radius 2 is 2.38 bits per heavy atom. The molecule has 1 aliphatic rings. The van der Waals surface area contributed by atoms with E-state index in [1.807, 2.05) is 0 Å². The predicted molar refractivity (Wildman–Crippen MR) is 69.1 cm³/mol. The molecule has 2 nitrogen and oxygen atoms in total. The number of thiophene rings is 1. The summed E-state index contributed by atoms with van der Waals surface area (Å²) in [6.45, 7) is 3.15. The molecule has 1 aromatic rings. The summed E-state index contributed by atoms with van der Waals surface area (Å²) in [7, 11) is 0. The molecular weight excluding hydrogens is 218 g/mol. The number of hydrogen-bond donors (Lipinski definition) is 1. The first-order valence-electron chi connectivity index (χ1n) is 6.28. The molecule has 1 fully saturated rings. The van der Waals surface area contributed by atoms with Crippen molar-refractivity contribution in [1.29, 1.82) is 0 Å². The van der Waals surface area contributed by atoms with Crippen LogP contribution in [0.15, 0.2) is 16.8 Å². The van der Waals surface area contributed by atoms with Gasteiger partial charge in [-0.05, 0) is 67.6 Å². The van der Waals surface area contributed by atoms with Crippen molar-refractivity contribution in [2.75, 3.05) is 19.7 Å². The van der Waals surface area contributed by atoms with Crippen molar-refractivity contribution in [2.45, 2.75) is 38.2 Å². The summed E-state index contributed by atoms with van der Waals surface area (Å²) in [4.78, 5) is 0. The predicted octanol–water partition coefficient (Wildman–Crippen LogP) is 2.84. The molecule has 1 aromatic heterocycles. The minimum absolute atomic E-state index is 0.516. The van der Waals surface area contributed by atoms with Gasteiger partial charge in [0.25, 0.3) is 0 Å². The third-order valence-electron chi connectivity index (χ3n) is 3.09. The highest BCUT2D eigenvalue weighted by atomic mass is 32.1. The van der Waals surface area contributed by atoms with Gasteiger partial charge in [-0.2, -0.15) is 11.3 Å². The molecule has 0 aliphatic carbocycles. The molecule has 1 atom stereocenters. The van der Waals surface area contributed by atoms with E-state index in [4.69, 9.17) is 4.74 Å². The second-order valence-electron chi connectivity index (χ2n) is 4.41. The number of nitrogens with one attached hydrogen (secondary N) is 1. The van der Waals surface area contributed by atoms with Gasteiger partial charge in [-0.1, -0.05) is 0 Å². The molecule has 0 amide bonds. The number of ether oxygens (including phenoxy) is 1. The van der Waals surface area contributed by atoms with Gasteiger partial charge in [0, 0.05) is 6.61 Å². The summed E-state index contributed by atoms with van der Waals surface area (Å²) >= 11 is 1.78. The lowest BCUT2D eigenvalue weighted by molar-refractivity contribution is 0.0116. The van der Waals surface area contributed by atoms with Crippen LogP contribution in [0.1, 0.15) is 31.2 Å². The van der Waals surface area contributed by atoms with E-state index in [-0.39, 0.29) is 0 Å². The molecule has 16 heavy (non-hydrogen) atoms. The van der Waals surface area contributed by atoms with Crippen molar-refractivity contribution in [2.24, 2.45) is 0 Å². The SMILES string of the molecule is c1cc(CCNCCC2CCCCO2)cs1. The smallest absolute Gasteiger partial charge is 0.0587 e. The molecule has 0 radical (unpaired) electrons. The van der Waals surface area contributed by atoms with Crippen molar-refractivity contribution in [1.82, 2.24) is 5.32 Å². The molecule has 1 aliphatic heterocycles. The van der Waals surface area contributed by atoms with Crippen molar-refractivity contribution in [3.8, 4) is 0 Å². The number of hydrogen-bond acceptors (Lipinski definition) is 3. The summed E-state index contributed by atoms with van der Waals surface area (Å²) in [5, 5.41) is 7.87. The Labute approximate surface area is 102 Å². The fourth-order valence-electron chi connectivity index (χ4n) is 2.09. The Bertz CT molecular complexity index is 267. The summed E-state index contributed by atoms with van der Waals surface area (Å²) in [5.74, 6) is 0. The molecule has 0 spiro atoms. The number of rotatable bonds is 6. The van der Waals surface area contributed by atoms with Crippen LogP contribution in [0.5, 0.6) is 0 Å². The second kappa shape index (κ2) is 7.05. The summed E-state index contributed by atoms with van der Waals surface area (Å²) < 4.78 is 5.69. The van der Waals surface area contributed by atoms with Crippen LogP contribution in [0, 0.1) is 0 Å². The lowest BCUT2D eigenvalue weighted by Crippen LogP contribution is -2.26. The molecular formula is C13H21NOS. The maximum absolute atomic E-state index is 5.69. The molecule has 1 unspecified atom stereocenters. The lowest BCUT2D eigenvalue weighted by Gasteiger charge is -2.22. The topological polar surface area (TPSA) is 21.3 Å². The first-order chi connectivity index (χ1) is 7.95. The zero-order valence-corrected chi connectivity index (χ0v) is 10.6. The van der Waals surface area contributed by atoms with Crippen LogP contribution in [-0.4, -0.2) is 25.8 Å². The first kappa shape index (κ1) is 12.1. The average Bonchev–Trinajstić information content (AvgIpc) is 2.83. The van der Waals surface area contributed by atoms with Gasteiger partial charge in [0.2, 0.25) is 0 Å². The van der Waals surface area contributed by atoms with Crippen LogP contribution in [0.2, 0.25) is 0 Å². The summed E-state index contributed by atoms with van der Waals surface area (Å²) in [6, 6.07) is 2.20. The van der Waals surface area contributed by atoms with Crippen LogP contribution in [0.4, 0.5) is 0 Å². The lowest BCUT2D eigenvalue weighted by atomic mass is 10.1. The van der Waals surface area contributed by atoms with Crippen molar-refractivity contribution in [3.63, 3.8) is 0 Å². The Kier molecular flexibility index (Phi) is 5.32. The summed E-state index contributed by atoms with van der Waals surface area (Å²) in [6.07, 6.45) is 6.69. The van der Waals surface area contributed by atoms with E-state index in [2.05, 4.69) is 22.1 Å². The third-order valence-corrected chi connectivity index (χ3v) is 3.82. The van der Waals surface area contributed by atoms with Gasteiger partial charge in [-0.25, -0.2) is 0 Å². The van der Waals surface area contributed by atoms with E-state index >= 15 is 0 Å². The van der Waals surface area contributed by atoms with E-state index in [1.165, 1.54) is 31.2 Å². The minimum atomic E-state index is 0.516.